The van der Waals surface area contributed by atoms with Crippen molar-refractivity contribution in [3.8, 4) is 0 Å². The normalized spacial score (nSPS) is 12.5. The Hall–Kier alpha value is -0.320. The van der Waals surface area contributed by atoms with E-state index in [2.05, 4.69) is 6.92 Å². The lowest BCUT2D eigenvalue weighted by molar-refractivity contribution is -0.873. The summed E-state index contributed by atoms with van der Waals surface area (Å²) >= 11 is 0. The van der Waals surface area contributed by atoms with Crippen LogP contribution in [-0.2, 0) is 9.53 Å². The van der Waals surface area contributed by atoms with Crippen molar-refractivity contribution in [1.82, 2.24) is 0 Å². The van der Waals surface area contributed by atoms with Gasteiger partial charge in [0.2, 0.25) is 0 Å². The number of aliphatic hydroxyl groups is 1. The lowest BCUT2D eigenvalue weighted by Gasteiger charge is -2.26. The minimum absolute atomic E-state index is 0. The number of quaternary nitrogens is 1. The van der Waals surface area contributed by atoms with Crippen LogP contribution in [0.3, 0.4) is 0 Å². The molecule has 28 heavy (non-hydrogen) atoms. The summed E-state index contributed by atoms with van der Waals surface area (Å²) in [5.41, 5.74) is 0. The van der Waals surface area contributed by atoms with Gasteiger partial charge >= 0.3 is 5.97 Å². The largest absolute Gasteiger partial charge is 1.00 e. The zero-order chi connectivity index (χ0) is 20.4. The molecule has 4 nitrogen and oxygen atoms in total. The lowest BCUT2D eigenvalue weighted by Crippen LogP contribution is -3.00. The summed E-state index contributed by atoms with van der Waals surface area (Å²) in [5, 5.41) is 9.86. The van der Waals surface area contributed by atoms with Crippen molar-refractivity contribution < 1.29 is 31.5 Å². The Labute approximate surface area is 181 Å². The molecule has 1 N–H and O–H groups in total. The van der Waals surface area contributed by atoms with Crippen molar-refractivity contribution in [2.45, 2.75) is 109 Å². The Morgan fingerprint density at radius 1 is 0.786 bits per heavy atom. The van der Waals surface area contributed by atoms with E-state index in [9.17, 15) is 9.90 Å². The van der Waals surface area contributed by atoms with Gasteiger partial charge in [-0.3, -0.25) is 4.79 Å². The van der Waals surface area contributed by atoms with Crippen molar-refractivity contribution in [3.05, 3.63) is 0 Å². The van der Waals surface area contributed by atoms with Crippen LogP contribution < -0.4 is 12.4 Å². The van der Waals surface area contributed by atoms with Crippen LogP contribution in [0.25, 0.3) is 0 Å². The van der Waals surface area contributed by atoms with Gasteiger partial charge in [-0.25, -0.2) is 0 Å². The molecule has 0 heterocycles. The first kappa shape index (κ1) is 29.9. The highest BCUT2D eigenvalue weighted by atomic mass is 35.5. The summed E-state index contributed by atoms with van der Waals surface area (Å²) in [5.74, 6) is -0.273. The van der Waals surface area contributed by atoms with E-state index < -0.39 is 6.10 Å². The standard InChI is InChI=1S/C23H48NO3.ClH/c1-5-6-7-8-9-10-11-12-13-14-15-16-17-18-19-27-23(26)20-22(25)21-24(2,3)4;/h22,25H,5-21H2,1-4H3;1H/q+1;/p-1/t22-;/m1./s1. The molecule has 0 amide bonds. The maximum absolute atomic E-state index is 11.7. The van der Waals surface area contributed by atoms with Crippen LogP contribution in [0.15, 0.2) is 0 Å². The summed E-state index contributed by atoms with van der Waals surface area (Å²) in [6, 6.07) is 0. The zero-order valence-corrected chi connectivity index (χ0v) is 19.9. The smallest absolute Gasteiger partial charge is 0.308 e. The molecule has 170 valence electrons. The highest BCUT2D eigenvalue weighted by Gasteiger charge is 2.19. The minimum atomic E-state index is -0.617. The summed E-state index contributed by atoms with van der Waals surface area (Å²) < 4.78 is 5.87. The van der Waals surface area contributed by atoms with Crippen molar-refractivity contribution in [2.75, 3.05) is 34.3 Å². The number of nitrogens with zero attached hydrogens (tertiary/aromatic N) is 1. The number of aliphatic hydroxyl groups excluding tert-OH is 1. The van der Waals surface area contributed by atoms with E-state index in [4.69, 9.17) is 4.74 Å². The Kier molecular flexibility index (Phi) is 21.3. The maximum atomic E-state index is 11.7. The minimum Gasteiger partial charge on any atom is -1.00 e. The molecule has 0 aliphatic rings. The first-order chi connectivity index (χ1) is 12.8. The molecule has 0 fully saturated rings. The number of halogens is 1. The molecular weight excluding hydrogens is 374 g/mol. The molecule has 0 unspecified atom stereocenters. The second-order valence-corrected chi connectivity index (χ2v) is 9.15. The van der Waals surface area contributed by atoms with Crippen LogP contribution in [0.1, 0.15) is 103 Å². The highest BCUT2D eigenvalue weighted by molar-refractivity contribution is 5.69. The van der Waals surface area contributed by atoms with Gasteiger partial charge in [-0.2, -0.15) is 0 Å². The molecule has 0 radical (unpaired) electrons. The van der Waals surface area contributed by atoms with Gasteiger partial charge in [-0.15, -0.1) is 0 Å². The van der Waals surface area contributed by atoms with Crippen LogP contribution in [0.5, 0.6) is 0 Å². The number of hydrogen-bond acceptors (Lipinski definition) is 3. The molecular formula is C23H48ClNO3. The zero-order valence-electron chi connectivity index (χ0n) is 19.2. The average molecular weight is 422 g/mol. The predicted molar refractivity (Wildman–Crippen MR) is 115 cm³/mol. The summed E-state index contributed by atoms with van der Waals surface area (Å²) in [7, 11) is 6.01. The molecule has 0 spiro atoms. The average Bonchev–Trinajstić information content (AvgIpc) is 2.56. The van der Waals surface area contributed by atoms with Gasteiger partial charge < -0.3 is 26.7 Å². The Bertz CT molecular complexity index is 345. The van der Waals surface area contributed by atoms with E-state index in [1.807, 2.05) is 21.1 Å². The van der Waals surface area contributed by atoms with Gasteiger partial charge in [0, 0.05) is 0 Å². The van der Waals surface area contributed by atoms with Crippen LogP contribution in [0.4, 0.5) is 0 Å². The fourth-order valence-electron chi connectivity index (χ4n) is 3.43. The lowest BCUT2D eigenvalue weighted by atomic mass is 10.0. The first-order valence-electron chi connectivity index (χ1n) is 11.5. The molecule has 0 rings (SSSR count). The molecule has 1 atom stereocenters. The van der Waals surface area contributed by atoms with Crippen molar-refractivity contribution in [2.24, 2.45) is 0 Å². The highest BCUT2D eigenvalue weighted by Crippen LogP contribution is 2.13. The summed E-state index contributed by atoms with van der Waals surface area (Å²) in [6.45, 7) is 3.33. The van der Waals surface area contributed by atoms with E-state index in [0.29, 0.717) is 17.6 Å². The molecule has 0 aromatic rings. The molecule has 5 heteroatoms. The Balaban J connectivity index is 0. The SMILES string of the molecule is CCCCCCCCCCCCCCCCOC(=O)C[C@@H](O)C[N+](C)(C)C.[Cl-]. The molecule has 0 saturated carbocycles. The van der Waals surface area contributed by atoms with Crippen LogP contribution in [-0.4, -0.2) is 56.0 Å². The second-order valence-electron chi connectivity index (χ2n) is 9.15. The number of esters is 1. The molecule has 0 aliphatic heterocycles. The summed E-state index contributed by atoms with van der Waals surface area (Å²) in [4.78, 5) is 11.7. The third-order valence-electron chi connectivity index (χ3n) is 4.92. The molecule has 0 saturated heterocycles. The van der Waals surface area contributed by atoms with E-state index in [1.54, 1.807) is 0 Å². The quantitative estimate of drug-likeness (QED) is 0.198. The number of carbonyl (C=O) groups excluding carboxylic acids is 1. The van der Waals surface area contributed by atoms with Crippen LogP contribution in [0, 0.1) is 0 Å². The number of unbranched alkanes of at least 4 members (excludes halogenated alkanes) is 13. The Morgan fingerprint density at radius 2 is 1.18 bits per heavy atom. The number of rotatable bonds is 19. The third kappa shape index (κ3) is 23.7. The van der Waals surface area contributed by atoms with Crippen LogP contribution >= 0.6 is 0 Å². The molecule has 0 bridgehead atoms. The van der Waals surface area contributed by atoms with Crippen molar-refractivity contribution in [3.63, 3.8) is 0 Å². The van der Waals surface area contributed by atoms with Gasteiger partial charge in [0.15, 0.2) is 0 Å². The number of likely N-dealkylation sites (N-methyl/N-ethyl adjacent to an activating group) is 1. The molecule has 0 aromatic heterocycles. The van der Waals surface area contributed by atoms with Gasteiger partial charge in [0.25, 0.3) is 0 Å². The monoisotopic (exact) mass is 421 g/mol. The van der Waals surface area contributed by atoms with Crippen molar-refractivity contribution in [1.29, 1.82) is 0 Å². The summed E-state index contributed by atoms with van der Waals surface area (Å²) in [6.07, 6.45) is 18.0. The van der Waals surface area contributed by atoms with Gasteiger partial charge in [-0.05, 0) is 6.42 Å². The molecule has 0 aliphatic carbocycles. The van der Waals surface area contributed by atoms with E-state index in [-0.39, 0.29) is 24.8 Å². The number of ether oxygens (including phenoxy) is 1. The first-order valence-corrected chi connectivity index (χ1v) is 11.5. The second kappa shape index (κ2) is 20.0. The van der Waals surface area contributed by atoms with E-state index >= 15 is 0 Å². The van der Waals surface area contributed by atoms with Crippen molar-refractivity contribution >= 4 is 5.97 Å². The fourth-order valence-corrected chi connectivity index (χ4v) is 3.43. The van der Waals surface area contributed by atoms with Gasteiger partial charge in [0.05, 0.1) is 34.2 Å². The third-order valence-corrected chi connectivity index (χ3v) is 4.92. The van der Waals surface area contributed by atoms with Gasteiger partial charge in [0.1, 0.15) is 12.6 Å². The molecule has 0 aromatic carbocycles. The van der Waals surface area contributed by atoms with Gasteiger partial charge in [-0.1, -0.05) is 90.4 Å². The topological polar surface area (TPSA) is 46.5 Å². The number of hydrogen-bond donors (Lipinski definition) is 1. The number of carbonyl (C=O) groups is 1. The maximum Gasteiger partial charge on any atom is 0.308 e. The van der Waals surface area contributed by atoms with E-state index in [1.165, 1.54) is 77.0 Å². The van der Waals surface area contributed by atoms with E-state index in [0.717, 1.165) is 12.8 Å². The predicted octanol–water partition coefficient (Wildman–Crippen LogP) is 2.47. The van der Waals surface area contributed by atoms with Crippen LogP contribution in [0.2, 0.25) is 0 Å². The Morgan fingerprint density at radius 3 is 1.57 bits per heavy atom. The fraction of sp³-hybridized carbons (Fsp3) is 0.957.